The molecule has 2 aromatic heterocycles. The van der Waals surface area contributed by atoms with E-state index in [1.165, 1.54) is 6.33 Å². The van der Waals surface area contributed by atoms with Gasteiger partial charge in [0.25, 0.3) is 0 Å². The molecule has 0 bridgehead atoms. The first-order valence-corrected chi connectivity index (χ1v) is 7.49. The monoisotopic (exact) mass is 300 g/mol. The van der Waals surface area contributed by atoms with E-state index in [2.05, 4.69) is 20.1 Å². The van der Waals surface area contributed by atoms with E-state index in [9.17, 15) is 4.79 Å². The molecule has 2 aromatic rings. The van der Waals surface area contributed by atoms with E-state index in [0.717, 1.165) is 25.1 Å². The fourth-order valence-electron chi connectivity index (χ4n) is 2.91. The van der Waals surface area contributed by atoms with Crippen molar-refractivity contribution < 1.29 is 4.79 Å². The Morgan fingerprint density at radius 2 is 2.18 bits per heavy atom. The molecule has 0 aliphatic carbocycles. The molecule has 22 heavy (non-hydrogen) atoms. The standard InChI is InChI=1S/C15H20N6O/c1-15(2,21-11-17-10-19-21)14(22)20-7-3-4-12(9-20)13-8-16-5-6-18-13/h5-6,8,10-12H,3-4,7,9H2,1-2H3/t12-/m1/s1. The molecule has 1 aliphatic heterocycles. The van der Waals surface area contributed by atoms with Crippen LogP contribution in [0.15, 0.2) is 31.2 Å². The minimum Gasteiger partial charge on any atom is -0.340 e. The molecule has 0 N–H and O–H groups in total. The fraction of sp³-hybridized carbons (Fsp3) is 0.533. The van der Waals surface area contributed by atoms with Crippen molar-refractivity contribution in [3.05, 3.63) is 36.9 Å². The first-order valence-electron chi connectivity index (χ1n) is 7.49. The summed E-state index contributed by atoms with van der Waals surface area (Å²) in [5, 5.41) is 4.12. The quantitative estimate of drug-likeness (QED) is 0.851. The fourth-order valence-corrected chi connectivity index (χ4v) is 2.91. The Morgan fingerprint density at radius 1 is 1.32 bits per heavy atom. The lowest BCUT2D eigenvalue weighted by Gasteiger charge is -2.37. The van der Waals surface area contributed by atoms with Crippen molar-refractivity contribution in [2.75, 3.05) is 13.1 Å². The summed E-state index contributed by atoms with van der Waals surface area (Å²) in [5.74, 6) is 0.310. The molecule has 7 nitrogen and oxygen atoms in total. The molecule has 0 spiro atoms. The number of carbonyl (C=O) groups is 1. The molecule has 3 heterocycles. The summed E-state index contributed by atoms with van der Waals surface area (Å²) in [4.78, 5) is 27.3. The summed E-state index contributed by atoms with van der Waals surface area (Å²) in [5.41, 5.74) is 0.222. The van der Waals surface area contributed by atoms with Gasteiger partial charge in [0.15, 0.2) is 0 Å². The Hall–Kier alpha value is -2.31. The first kappa shape index (κ1) is 14.6. The van der Waals surface area contributed by atoms with Crippen LogP contribution in [0.1, 0.15) is 38.3 Å². The van der Waals surface area contributed by atoms with Crippen LogP contribution in [0.5, 0.6) is 0 Å². The predicted octanol–water partition coefficient (Wildman–Crippen LogP) is 1.21. The van der Waals surface area contributed by atoms with Crippen LogP contribution in [0, 0.1) is 0 Å². The average Bonchev–Trinajstić information content (AvgIpc) is 3.10. The molecule has 0 unspecified atom stereocenters. The third-order valence-corrected chi connectivity index (χ3v) is 4.22. The summed E-state index contributed by atoms with van der Waals surface area (Å²) in [6.07, 6.45) is 10.2. The van der Waals surface area contributed by atoms with Crippen LogP contribution in [-0.4, -0.2) is 48.6 Å². The second-order valence-electron chi connectivity index (χ2n) is 6.12. The topological polar surface area (TPSA) is 76.8 Å². The molecular formula is C15H20N6O. The van der Waals surface area contributed by atoms with Crippen LogP contribution in [0.4, 0.5) is 0 Å². The van der Waals surface area contributed by atoms with Gasteiger partial charge in [0.1, 0.15) is 18.2 Å². The number of carbonyl (C=O) groups excluding carboxylic acids is 1. The van der Waals surface area contributed by atoms with Crippen LogP contribution < -0.4 is 0 Å². The van der Waals surface area contributed by atoms with E-state index in [1.807, 2.05) is 18.7 Å². The maximum atomic E-state index is 12.9. The lowest BCUT2D eigenvalue weighted by atomic mass is 9.93. The average molecular weight is 300 g/mol. The van der Waals surface area contributed by atoms with Crippen molar-refractivity contribution >= 4 is 5.91 Å². The van der Waals surface area contributed by atoms with Gasteiger partial charge in [-0.05, 0) is 26.7 Å². The van der Waals surface area contributed by atoms with E-state index >= 15 is 0 Å². The number of nitrogens with zero attached hydrogens (tertiary/aromatic N) is 6. The molecule has 7 heteroatoms. The van der Waals surface area contributed by atoms with Gasteiger partial charge in [-0.25, -0.2) is 9.67 Å². The summed E-state index contributed by atoms with van der Waals surface area (Å²) in [6.45, 7) is 5.19. The summed E-state index contributed by atoms with van der Waals surface area (Å²) < 4.78 is 1.61. The van der Waals surface area contributed by atoms with E-state index < -0.39 is 5.54 Å². The minimum absolute atomic E-state index is 0.0617. The Morgan fingerprint density at radius 3 is 2.86 bits per heavy atom. The van der Waals surface area contributed by atoms with Gasteiger partial charge in [-0.1, -0.05) is 0 Å². The lowest BCUT2D eigenvalue weighted by Crippen LogP contribution is -2.50. The van der Waals surface area contributed by atoms with Gasteiger partial charge in [-0.2, -0.15) is 5.10 Å². The number of rotatable bonds is 3. The highest BCUT2D eigenvalue weighted by Gasteiger charge is 2.37. The zero-order chi connectivity index (χ0) is 15.6. The van der Waals surface area contributed by atoms with Gasteiger partial charge in [0.05, 0.1) is 5.69 Å². The Labute approximate surface area is 129 Å². The molecule has 1 aliphatic rings. The third-order valence-electron chi connectivity index (χ3n) is 4.22. The number of aromatic nitrogens is 5. The zero-order valence-electron chi connectivity index (χ0n) is 12.9. The van der Waals surface area contributed by atoms with Crippen molar-refractivity contribution in [2.45, 2.75) is 38.1 Å². The van der Waals surface area contributed by atoms with Crippen molar-refractivity contribution in [3.8, 4) is 0 Å². The molecule has 0 aromatic carbocycles. The zero-order valence-corrected chi connectivity index (χ0v) is 12.9. The first-order chi connectivity index (χ1) is 10.6. The second-order valence-corrected chi connectivity index (χ2v) is 6.12. The Balaban J connectivity index is 1.76. The van der Waals surface area contributed by atoms with Gasteiger partial charge in [0, 0.05) is 37.6 Å². The smallest absolute Gasteiger partial charge is 0.250 e. The summed E-state index contributed by atoms with van der Waals surface area (Å²) in [6, 6.07) is 0. The van der Waals surface area contributed by atoms with Gasteiger partial charge < -0.3 is 4.90 Å². The van der Waals surface area contributed by atoms with Crippen LogP contribution in [-0.2, 0) is 10.3 Å². The maximum Gasteiger partial charge on any atom is 0.250 e. The summed E-state index contributed by atoms with van der Waals surface area (Å²) >= 11 is 0. The predicted molar refractivity (Wildman–Crippen MR) is 79.9 cm³/mol. The van der Waals surface area contributed by atoms with Crippen LogP contribution >= 0.6 is 0 Å². The van der Waals surface area contributed by atoms with Crippen molar-refractivity contribution in [1.29, 1.82) is 0 Å². The van der Waals surface area contributed by atoms with Gasteiger partial charge >= 0.3 is 0 Å². The molecule has 1 amide bonds. The molecular weight excluding hydrogens is 280 g/mol. The molecule has 3 rings (SSSR count). The normalized spacial score (nSPS) is 19.2. The minimum atomic E-state index is -0.735. The second kappa shape index (κ2) is 5.82. The van der Waals surface area contributed by atoms with Crippen LogP contribution in [0.3, 0.4) is 0 Å². The third kappa shape index (κ3) is 2.70. The SMILES string of the molecule is CC(C)(C(=O)N1CCC[C@@H](c2cnccn2)C1)n1cncn1. The van der Waals surface area contributed by atoms with Crippen molar-refractivity contribution in [1.82, 2.24) is 29.6 Å². The highest BCUT2D eigenvalue weighted by molar-refractivity contribution is 5.83. The molecule has 116 valence electrons. The van der Waals surface area contributed by atoms with E-state index in [0.29, 0.717) is 6.54 Å². The highest BCUT2D eigenvalue weighted by Crippen LogP contribution is 2.27. The number of hydrogen-bond acceptors (Lipinski definition) is 5. The number of amides is 1. The van der Waals surface area contributed by atoms with E-state index in [-0.39, 0.29) is 11.8 Å². The molecule has 1 saturated heterocycles. The van der Waals surface area contributed by atoms with Gasteiger partial charge in [-0.3, -0.25) is 14.8 Å². The van der Waals surface area contributed by atoms with Crippen molar-refractivity contribution in [3.63, 3.8) is 0 Å². The lowest BCUT2D eigenvalue weighted by molar-refractivity contribution is -0.141. The van der Waals surface area contributed by atoms with Gasteiger partial charge in [-0.15, -0.1) is 0 Å². The molecule has 1 fully saturated rings. The Bertz CT molecular complexity index is 625. The maximum absolute atomic E-state index is 12.9. The highest BCUT2D eigenvalue weighted by atomic mass is 16.2. The molecule has 0 radical (unpaired) electrons. The van der Waals surface area contributed by atoms with Crippen molar-refractivity contribution in [2.24, 2.45) is 0 Å². The van der Waals surface area contributed by atoms with E-state index in [1.54, 1.807) is 29.6 Å². The van der Waals surface area contributed by atoms with Gasteiger partial charge in [0.2, 0.25) is 5.91 Å². The van der Waals surface area contributed by atoms with Crippen LogP contribution in [0.2, 0.25) is 0 Å². The largest absolute Gasteiger partial charge is 0.340 e. The molecule has 1 atom stereocenters. The van der Waals surface area contributed by atoms with E-state index in [4.69, 9.17) is 0 Å². The Kier molecular flexibility index (Phi) is 3.87. The van der Waals surface area contributed by atoms with Crippen LogP contribution in [0.25, 0.3) is 0 Å². The summed E-state index contributed by atoms with van der Waals surface area (Å²) in [7, 11) is 0. The number of piperidine rings is 1. The number of hydrogen-bond donors (Lipinski definition) is 0. The molecule has 0 saturated carbocycles. The number of likely N-dealkylation sites (tertiary alicyclic amines) is 1.